The van der Waals surface area contributed by atoms with Crippen molar-refractivity contribution >= 4 is 21.9 Å². The normalized spacial score (nSPS) is 10.5. The average Bonchev–Trinajstić information content (AvgIpc) is 2.58. The van der Waals surface area contributed by atoms with Gasteiger partial charge in [0.25, 0.3) is 0 Å². The van der Waals surface area contributed by atoms with Gasteiger partial charge in [0.2, 0.25) is 0 Å². The van der Waals surface area contributed by atoms with Crippen molar-refractivity contribution < 1.29 is 9.90 Å². The van der Waals surface area contributed by atoms with E-state index in [0.29, 0.717) is 5.69 Å². The van der Waals surface area contributed by atoms with Crippen molar-refractivity contribution in [3.63, 3.8) is 0 Å². The molecule has 0 aliphatic heterocycles. The zero-order valence-electron chi connectivity index (χ0n) is 9.22. The molecule has 0 saturated heterocycles. The molecule has 0 radical (unpaired) electrons. The zero-order chi connectivity index (χ0) is 12.4. The highest BCUT2D eigenvalue weighted by Crippen LogP contribution is 2.17. The Morgan fingerprint density at radius 2 is 2.29 bits per heavy atom. The second-order valence-corrected chi connectivity index (χ2v) is 4.62. The van der Waals surface area contributed by atoms with E-state index < -0.39 is 5.97 Å². The number of halogens is 1. The maximum Gasteiger partial charge on any atom is 0.309 e. The van der Waals surface area contributed by atoms with E-state index in [2.05, 4.69) is 20.9 Å². The molecule has 5 heteroatoms. The molecule has 0 aliphatic carbocycles. The Labute approximate surface area is 107 Å². The molecule has 17 heavy (non-hydrogen) atoms. The molecule has 0 atom stereocenters. The van der Waals surface area contributed by atoms with Crippen LogP contribution in [0.25, 0.3) is 5.69 Å². The predicted octanol–water partition coefficient (Wildman–Crippen LogP) is 2.57. The summed E-state index contributed by atoms with van der Waals surface area (Å²) in [5, 5.41) is 8.72. The lowest BCUT2D eigenvalue weighted by Gasteiger charge is -2.04. The van der Waals surface area contributed by atoms with Gasteiger partial charge in [-0.1, -0.05) is 22.0 Å². The van der Waals surface area contributed by atoms with Crippen LogP contribution < -0.4 is 0 Å². The Bertz CT molecular complexity index is 563. The maximum absolute atomic E-state index is 10.6. The number of benzene rings is 1. The van der Waals surface area contributed by atoms with Crippen LogP contribution in [-0.2, 0) is 11.2 Å². The second kappa shape index (κ2) is 4.71. The molecule has 0 bridgehead atoms. The zero-order valence-corrected chi connectivity index (χ0v) is 10.8. The first kappa shape index (κ1) is 11.9. The van der Waals surface area contributed by atoms with Gasteiger partial charge in [0.05, 0.1) is 12.1 Å². The first-order chi connectivity index (χ1) is 8.06. The lowest BCUT2D eigenvalue weighted by molar-refractivity contribution is -0.136. The number of aromatic nitrogens is 2. The first-order valence-electron chi connectivity index (χ1n) is 5.09. The highest BCUT2D eigenvalue weighted by Gasteiger charge is 2.09. The third kappa shape index (κ3) is 2.74. The lowest BCUT2D eigenvalue weighted by Crippen LogP contribution is -1.99. The van der Waals surface area contributed by atoms with Gasteiger partial charge in [-0.3, -0.25) is 4.79 Å². The van der Waals surface area contributed by atoms with Crippen LogP contribution in [0.3, 0.4) is 0 Å². The van der Waals surface area contributed by atoms with Crippen LogP contribution >= 0.6 is 15.9 Å². The molecule has 2 aromatic rings. The van der Waals surface area contributed by atoms with Crippen LogP contribution in [0.2, 0.25) is 0 Å². The Hall–Kier alpha value is -1.62. The molecule has 0 aliphatic rings. The van der Waals surface area contributed by atoms with Gasteiger partial charge in [-0.15, -0.1) is 0 Å². The monoisotopic (exact) mass is 294 g/mol. The summed E-state index contributed by atoms with van der Waals surface area (Å²) >= 11 is 3.40. The highest BCUT2D eigenvalue weighted by molar-refractivity contribution is 9.10. The molecule has 0 unspecified atom stereocenters. The number of carboxylic acids is 1. The minimum absolute atomic E-state index is 0.0537. The molecular formula is C12H11BrN2O2. The minimum atomic E-state index is -0.871. The molecule has 4 nitrogen and oxygen atoms in total. The van der Waals surface area contributed by atoms with Crippen LogP contribution in [0, 0.1) is 6.92 Å². The average molecular weight is 295 g/mol. The number of carboxylic acid groups (broad SMARTS) is 1. The summed E-state index contributed by atoms with van der Waals surface area (Å²) in [6.07, 6.45) is 1.70. The molecule has 1 aromatic heterocycles. The van der Waals surface area contributed by atoms with Crippen molar-refractivity contribution in [1.29, 1.82) is 0 Å². The maximum atomic E-state index is 10.6. The molecule has 1 aromatic carbocycles. The molecule has 0 saturated carbocycles. The summed E-state index contributed by atoms with van der Waals surface area (Å²) in [5.41, 5.74) is 1.52. The summed E-state index contributed by atoms with van der Waals surface area (Å²) in [5.74, 6) is -0.0942. The van der Waals surface area contributed by atoms with Crippen LogP contribution in [-0.4, -0.2) is 20.6 Å². The first-order valence-corrected chi connectivity index (χ1v) is 5.88. The van der Waals surface area contributed by atoms with E-state index >= 15 is 0 Å². The predicted molar refractivity (Wildman–Crippen MR) is 67.3 cm³/mol. The van der Waals surface area contributed by atoms with Crippen LogP contribution in [0.4, 0.5) is 0 Å². The van der Waals surface area contributed by atoms with Gasteiger partial charge in [0.1, 0.15) is 5.82 Å². The summed E-state index contributed by atoms with van der Waals surface area (Å²) in [6.45, 7) is 1.85. The Morgan fingerprint density at radius 3 is 2.94 bits per heavy atom. The quantitative estimate of drug-likeness (QED) is 0.947. The van der Waals surface area contributed by atoms with E-state index in [-0.39, 0.29) is 6.42 Å². The van der Waals surface area contributed by atoms with Gasteiger partial charge in [0.15, 0.2) is 0 Å². The number of hydrogen-bond acceptors (Lipinski definition) is 2. The summed E-state index contributed by atoms with van der Waals surface area (Å²) in [6, 6.07) is 7.77. The molecule has 0 spiro atoms. The van der Waals surface area contributed by atoms with E-state index in [1.54, 1.807) is 6.20 Å². The van der Waals surface area contributed by atoms with Gasteiger partial charge in [-0.25, -0.2) is 4.98 Å². The third-order valence-corrected chi connectivity index (χ3v) is 2.84. The van der Waals surface area contributed by atoms with Gasteiger partial charge >= 0.3 is 5.97 Å². The molecule has 2 rings (SSSR count). The SMILES string of the molecule is Cc1nc(CC(=O)O)cn1-c1cccc(Br)c1. The topological polar surface area (TPSA) is 55.1 Å². The molecule has 0 fully saturated rings. The fourth-order valence-electron chi connectivity index (χ4n) is 1.66. The number of nitrogens with zero attached hydrogens (tertiary/aromatic N) is 2. The van der Waals surface area contributed by atoms with Gasteiger partial charge in [-0.2, -0.15) is 0 Å². The largest absolute Gasteiger partial charge is 0.481 e. The van der Waals surface area contributed by atoms with E-state index in [4.69, 9.17) is 5.11 Å². The van der Waals surface area contributed by atoms with Crippen molar-refractivity contribution in [1.82, 2.24) is 9.55 Å². The Morgan fingerprint density at radius 1 is 1.53 bits per heavy atom. The fraction of sp³-hybridized carbons (Fsp3) is 0.167. The van der Waals surface area contributed by atoms with Crippen molar-refractivity contribution in [2.75, 3.05) is 0 Å². The van der Waals surface area contributed by atoms with Crippen LogP contribution in [0.5, 0.6) is 0 Å². The van der Waals surface area contributed by atoms with E-state index in [9.17, 15) is 4.79 Å². The second-order valence-electron chi connectivity index (χ2n) is 3.70. The number of carbonyl (C=O) groups is 1. The Kier molecular flexibility index (Phi) is 3.28. The van der Waals surface area contributed by atoms with Crippen molar-refractivity contribution in [2.45, 2.75) is 13.3 Å². The highest BCUT2D eigenvalue weighted by atomic mass is 79.9. The van der Waals surface area contributed by atoms with Crippen LogP contribution in [0.15, 0.2) is 34.9 Å². The Balaban J connectivity index is 2.39. The number of hydrogen-bond donors (Lipinski definition) is 1. The molecule has 0 amide bonds. The van der Waals surface area contributed by atoms with Gasteiger partial charge < -0.3 is 9.67 Å². The molecule has 88 valence electrons. The van der Waals surface area contributed by atoms with Crippen molar-refractivity contribution in [2.24, 2.45) is 0 Å². The summed E-state index contributed by atoms with van der Waals surface area (Å²) in [7, 11) is 0. The van der Waals surface area contributed by atoms with Gasteiger partial charge in [-0.05, 0) is 25.1 Å². The fourth-order valence-corrected chi connectivity index (χ4v) is 2.05. The van der Waals surface area contributed by atoms with E-state index in [1.807, 2.05) is 35.8 Å². The minimum Gasteiger partial charge on any atom is -0.481 e. The number of rotatable bonds is 3. The van der Waals surface area contributed by atoms with E-state index in [0.717, 1.165) is 16.0 Å². The molecule has 1 heterocycles. The third-order valence-electron chi connectivity index (χ3n) is 2.35. The lowest BCUT2D eigenvalue weighted by atomic mass is 10.3. The van der Waals surface area contributed by atoms with E-state index in [1.165, 1.54) is 0 Å². The van der Waals surface area contributed by atoms with Gasteiger partial charge in [0, 0.05) is 16.4 Å². The number of aryl methyl sites for hydroxylation is 1. The number of imidazole rings is 1. The molecular weight excluding hydrogens is 284 g/mol. The number of aliphatic carboxylic acids is 1. The smallest absolute Gasteiger partial charge is 0.309 e. The van der Waals surface area contributed by atoms with Crippen molar-refractivity contribution in [3.8, 4) is 5.69 Å². The van der Waals surface area contributed by atoms with Crippen LogP contribution in [0.1, 0.15) is 11.5 Å². The summed E-state index contributed by atoms with van der Waals surface area (Å²) in [4.78, 5) is 14.8. The van der Waals surface area contributed by atoms with Crippen molar-refractivity contribution in [3.05, 3.63) is 46.5 Å². The summed E-state index contributed by atoms with van der Waals surface area (Å²) < 4.78 is 2.85. The standard InChI is InChI=1S/C12H11BrN2O2/c1-8-14-10(6-12(16)17)7-15(8)11-4-2-3-9(13)5-11/h2-5,7H,6H2,1H3,(H,16,17). The molecule has 1 N–H and O–H groups in total.